The number of nitrogens with zero attached hydrogens (tertiary/aromatic N) is 2. The molecule has 0 radical (unpaired) electrons. The van der Waals surface area contributed by atoms with E-state index in [0.29, 0.717) is 12.1 Å². The molecule has 0 amide bonds. The van der Waals surface area contributed by atoms with E-state index in [4.69, 9.17) is 0 Å². The highest BCUT2D eigenvalue weighted by Crippen LogP contribution is 2.14. The van der Waals surface area contributed by atoms with Gasteiger partial charge in [0.25, 0.3) is 0 Å². The van der Waals surface area contributed by atoms with Crippen LogP contribution >= 0.6 is 0 Å². The third-order valence-electron chi connectivity index (χ3n) is 2.56. The van der Waals surface area contributed by atoms with Crippen molar-refractivity contribution in [3.8, 4) is 0 Å². The van der Waals surface area contributed by atoms with Crippen molar-refractivity contribution in [2.24, 2.45) is 5.18 Å². The molecular formula is C12H16N2O2. The Morgan fingerprint density at radius 2 is 1.88 bits per heavy atom. The Morgan fingerprint density at radius 3 is 2.25 bits per heavy atom. The minimum atomic E-state index is -0.116. The van der Waals surface area contributed by atoms with Crippen molar-refractivity contribution < 1.29 is 4.79 Å². The Labute approximate surface area is 95.2 Å². The van der Waals surface area contributed by atoms with Gasteiger partial charge in [-0.2, -0.15) is 0 Å². The van der Waals surface area contributed by atoms with E-state index in [9.17, 15) is 9.70 Å². The smallest absolute Gasteiger partial charge is 0.147 e. The van der Waals surface area contributed by atoms with Crippen LogP contribution in [0.2, 0.25) is 0 Å². The molecule has 0 aliphatic rings. The fraction of sp³-hybridized carbons (Fsp3) is 0.417. The van der Waals surface area contributed by atoms with E-state index >= 15 is 0 Å². The van der Waals surface area contributed by atoms with Gasteiger partial charge in [-0.25, -0.2) is 0 Å². The van der Waals surface area contributed by atoms with Gasteiger partial charge in [-0.15, -0.1) is 4.91 Å². The van der Waals surface area contributed by atoms with Crippen molar-refractivity contribution >= 4 is 11.5 Å². The number of hydrogen-bond acceptors (Lipinski definition) is 4. The molecule has 16 heavy (non-hydrogen) atoms. The summed E-state index contributed by atoms with van der Waals surface area (Å²) < 4.78 is 0. The molecule has 0 saturated heterocycles. The molecule has 1 aromatic carbocycles. The Bertz CT molecular complexity index is 371. The van der Waals surface area contributed by atoms with Crippen molar-refractivity contribution in [3.63, 3.8) is 0 Å². The molecular weight excluding hydrogens is 204 g/mol. The summed E-state index contributed by atoms with van der Waals surface area (Å²) in [7, 11) is 3.76. The lowest BCUT2D eigenvalue weighted by atomic mass is 10.0. The van der Waals surface area contributed by atoms with Crippen LogP contribution in [0, 0.1) is 4.91 Å². The van der Waals surface area contributed by atoms with Gasteiger partial charge in [-0.1, -0.05) is 12.1 Å². The Hall–Kier alpha value is -1.55. The molecule has 1 atom stereocenters. The molecule has 0 heterocycles. The summed E-state index contributed by atoms with van der Waals surface area (Å²) in [6, 6.07) is 6.87. The maximum Gasteiger partial charge on any atom is 0.147 e. The van der Waals surface area contributed by atoms with Gasteiger partial charge in [0.1, 0.15) is 11.5 Å². The first-order valence-electron chi connectivity index (χ1n) is 5.13. The molecule has 0 aromatic heterocycles. The molecule has 0 aliphatic carbocycles. The SMILES string of the molecule is CC(=O)C(Cc1ccc(N=O)cc1)N(C)C. The monoisotopic (exact) mass is 220 g/mol. The number of likely N-dealkylation sites (N-methyl/N-ethyl adjacent to an activating group) is 1. The zero-order valence-corrected chi connectivity index (χ0v) is 9.80. The van der Waals surface area contributed by atoms with Crippen molar-refractivity contribution in [2.75, 3.05) is 14.1 Å². The first-order valence-corrected chi connectivity index (χ1v) is 5.13. The van der Waals surface area contributed by atoms with Crippen LogP contribution in [-0.4, -0.2) is 30.8 Å². The Balaban J connectivity index is 2.77. The van der Waals surface area contributed by atoms with Gasteiger partial charge in [0.05, 0.1) is 6.04 Å². The predicted molar refractivity (Wildman–Crippen MR) is 63.8 cm³/mol. The first-order chi connectivity index (χ1) is 7.54. The van der Waals surface area contributed by atoms with Crippen molar-refractivity contribution in [2.45, 2.75) is 19.4 Å². The van der Waals surface area contributed by atoms with Crippen LogP contribution in [0.1, 0.15) is 12.5 Å². The number of carbonyl (C=O) groups excluding carboxylic acids is 1. The maximum absolute atomic E-state index is 11.4. The third kappa shape index (κ3) is 3.24. The maximum atomic E-state index is 11.4. The summed E-state index contributed by atoms with van der Waals surface area (Å²) >= 11 is 0. The average molecular weight is 220 g/mol. The van der Waals surface area contributed by atoms with Crippen LogP contribution in [0.15, 0.2) is 29.4 Å². The number of nitroso groups, excluding NO2 is 1. The van der Waals surface area contributed by atoms with E-state index in [1.165, 1.54) is 0 Å². The van der Waals surface area contributed by atoms with Crippen molar-refractivity contribution in [1.29, 1.82) is 0 Å². The fourth-order valence-corrected chi connectivity index (χ4v) is 1.61. The second-order valence-corrected chi connectivity index (χ2v) is 4.05. The van der Waals surface area contributed by atoms with E-state index in [-0.39, 0.29) is 11.8 Å². The summed E-state index contributed by atoms with van der Waals surface area (Å²) in [6.45, 7) is 1.59. The van der Waals surface area contributed by atoms with E-state index in [0.717, 1.165) is 5.56 Å². The first kappa shape index (κ1) is 12.5. The lowest BCUT2D eigenvalue weighted by Crippen LogP contribution is -2.36. The van der Waals surface area contributed by atoms with Crippen LogP contribution < -0.4 is 0 Å². The molecule has 0 saturated carbocycles. The topological polar surface area (TPSA) is 49.7 Å². The van der Waals surface area contributed by atoms with Crippen LogP contribution in [0.25, 0.3) is 0 Å². The molecule has 1 rings (SSSR count). The summed E-state index contributed by atoms with van der Waals surface area (Å²) in [6.07, 6.45) is 0.654. The van der Waals surface area contributed by atoms with Crippen LogP contribution in [0.5, 0.6) is 0 Å². The molecule has 1 aromatic rings. The van der Waals surface area contributed by atoms with Gasteiger partial charge < -0.3 is 0 Å². The van der Waals surface area contributed by atoms with Crippen molar-refractivity contribution in [3.05, 3.63) is 34.7 Å². The van der Waals surface area contributed by atoms with Crippen LogP contribution in [0.3, 0.4) is 0 Å². The molecule has 1 unspecified atom stereocenters. The van der Waals surface area contributed by atoms with E-state index in [1.54, 1.807) is 19.1 Å². The van der Waals surface area contributed by atoms with Gasteiger partial charge in [-0.05, 0) is 50.3 Å². The lowest BCUT2D eigenvalue weighted by Gasteiger charge is -2.21. The highest BCUT2D eigenvalue weighted by Gasteiger charge is 2.16. The minimum absolute atomic E-state index is 0.116. The van der Waals surface area contributed by atoms with Crippen molar-refractivity contribution in [1.82, 2.24) is 4.90 Å². The second-order valence-electron chi connectivity index (χ2n) is 4.05. The summed E-state index contributed by atoms with van der Waals surface area (Å²) in [5.74, 6) is 0.141. The molecule has 0 aliphatic heterocycles. The normalized spacial score (nSPS) is 12.5. The van der Waals surface area contributed by atoms with E-state index < -0.39 is 0 Å². The molecule has 0 bridgehead atoms. The number of Topliss-reactive ketones (excluding diaryl/α,β-unsaturated/α-hetero) is 1. The van der Waals surface area contributed by atoms with Crippen LogP contribution in [-0.2, 0) is 11.2 Å². The molecule has 0 N–H and O–H groups in total. The zero-order chi connectivity index (χ0) is 12.1. The Kier molecular flexibility index (Phi) is 4.31. The van der Waals surface area contributed by atoms with Gasteiger partial charge >= 0.3 is 0 Å². The fourth-order valence-electron chi connectivity index (χ4n) is 1.61. The van der Waals surface area contributed by atoms with Crippen LogP contribution in [0.4, 0.5) is 5.69 Å². The number of rotatable bonds is 5. The van der Waals surface area contributed by atoms with Gasteiger partial charge in [-0.3, -0.25) is 9.69 Å². The molecule has 4 nitrogen and oxygen atoms in total. The predicted octanol–water partition coefficient (Wildman–Crippen LogP) is 2.15. The van der Waals surface area contributed by atoms with E-state index in [1.807, 2.05) is 31.1 Å². The summed E-state index contributed by atoms with van der Waals surface area (Å²) in [5, 5.41) is 2.83. The summed E-state index contributed by atoms with van der Waals surface area (Å²) in [4.78, 5) is 23.5. The Morgan fingerprint density at radius 1 is 1.31 bits per heavy atom. The van der Waals surface area contributed by atoms with Gasteiger partial charge in [0.2, 0.25) is 0 Å². The molecule has 4 heteroatoms. The summed E-state index contributed by atoms with van der Waals surface area (Å²) in [5.41, 5.74) is 1.44. The lowest BCUT2D eigenvalue weighted by molar-refractivity contribution is -0.121. The minimum Gasteiger partial charge on any atom is -0.299 e. The zero-order valence-electron chi connectivity index (χ0n) is 9.80. The van der Waals surface area contributed by atoms with Gasteiger partial charge in [0.15, 0.2) is 0 Å². The largest absolute Gasteiger partial charge is 0.299 e. The molecule has 0 fully saturated rings. The number of benzene rings is 1. The number of carbonyl (C=O) groups is 1. The van der Waals surface area contributed by atoms with E-state index in [2.05, 4.69) is 5.18 Å². The standard InChI is InChI=1S/C12H16N2O2/c1-9(15)12(14(2)3)8-10-4-6-11(13-16)7-5-10/h4-7,12H,8H2,1-3H3. The number of ketones is 1. The third-order valence-corrected chi connectivity index (χ3v) is 2.56. The second kappa shape index (κ2) is 5.51. The molecule has 0 spiro atoms. The average Bonchev–Trinajstić information content (AvgIpc) is 2.25. The van der Waals surface area contributed by atoms with Gasteiger partial charge in [0, 0.05) is 0 Å². The highest BCUT2D eigenvalue weighted by molar-refractivity contribution is 5.81. The molecule has 86 valence electrons. The quantitative estimate of drug-likeness (QED) is 0.714. The highest BCUT2D eigenvalue weighted by atomic mass is 16.3. The number of hydrogen-bond donors (Lipinski definition) is 0.